The molecule has 0 bridgehead atoms. The van der Waals surface area contributed by atoms with Crippen molar-refractivity contribution in [2.45, 2.75) is 6.43 Å². The number of pyridine rings is 1. The van der Waals surface area contributed by atoms with Crippen molar-refractivity contribution >= 4 is 40.2 Å². The first-order valence-corrected chi connectivity index (χ1v) is 5.15. The molecule has 1 rings (SSSR count). The average molecular weight is 347 g/mol. The molecule has 7 heteroatoms. The molecular weight excluding hydrogens is 342 g/mol. The number of esters is 1. The van der Waals surface area contributed by atoms with Crippen LogP contribution >= 0.6 is 34.2 Å². The zero-order valence-electron chi connectivity index (χ0n) is 7.43. The number of ether oxygens (including phenoxy) is 1. The summed E-state index contributed by atoms with van der Waals surface area (Å²) >= 11 is 7.24. The molecule has 82 valence electrons. The smallest absolute Gasteiger partial charge is 0.341 e. The Bertz CT molecular complexity index is 400. The molecule has 0 saturated heterocycles. The summed E-state index contributed by atoms with van der Waals surface area (Å²) in [5, 5.41) is -0.0812. The first-order valence-electron chi connectivity index (χ1n) is 3.69. The highest BCUT2D eigenvalue weighted by atomic mass is 127. The molecule has 1 heterocycles. The Kier molecular flexibility index (Phi) is 4.21. The Labute approximate surface area is 103 Å². The van der Waals surface area contributed by atoms with Gasteiger partial charge in [-0.15, -0.1) is 0 Å². The molecule has 0 aromatic carbocycles. The first kappa shape index (κ1) is 12.6. The topological polar surface area (TPSA) is 39.2 Å². The van der Waals surface area contributed by atoms with E-state index in [-0.39, 0.29) is 14.3 Å². The lowest BCUT2D eigenvalue weighted by molar-refractivity contribution is 0.0585. The summed E-state index contributed by atoms with van der Waals surface area (Å²) in [6.07, 6.45) is -2.87. The average Bonchev–Trinajstić information content (AvgIpc) is 2.15. The highest BCUT2D eigenvalue weighted by Gasteiger charge is 2.24. The molecule has 0 fully saturated rings. The minimum Gasteiger partial charge on any atom is -0.465 e. The van der Waals surface area contributed by atoms with E-state index in [0.29, 0.717) is 0 Å². The monoisotopic (exact) mass is 347 g/mol. The zero-order valence-corrected chi connectivity index (χ0v) is 10.3. The Morgan fingerprint density at radius 3 is 2.73 bits per heavy atom. The first-order chi connectivity index (χ1) is 6.97. The molecule has 0 unspecified atom stereocenters. The fraction of sp³-hybridized carbons (Fsp3) is 0.250. The van der Waals surface area contributed by atoms with Crippen molar-refractivity contribution in [3.63, 3.8) is 0 Å². The number of hydrogen-bond acceptors (Lipinski definition) is 3. The van der Waals surface area contributed by atoms with Crippen LogP contribution in [0.2, 0.25) is 5.15 Å². The van der Waals surface area contributed by atoms with E-state index in [1.807, 2.05) is 0 Å². The second-order valence-electron chi connectivity index (χ2n) is 2.48. The fourth-order valence-corrected chi connectivity index (χ4v) is 2.14. The van der Waals surface area contributed by atoms with Gasteiger partial charge in [-0.2, -0.15) is 0 Å². The van der Waals surface area contributed by atoms with Gasteiger partial charge in [-0.25, -0.2) is 18.6 Å². The molecule has 1 aromatic rings. The number of aromatic nitrogens is 1. The fourth-order valence-electron chi connectivity index (χ4n) is 0.964. The van der Waals surface area contributed by atoms with Gasteiger partial charge in [-0.3, -0.25) is 0 Å². The van der Waals surface area contributed by atoms with Crippen LogP contribution in [0.5, 0.6) is 0 Å². The summed E-state index contributed by atoms with van der Waals surface area (Å²) in [5.74, 6) is -0.848. The van der Waals surface area contributed by atoms with Crippen molar-refractivity contribution in [3.05, 3.63) is 26.0 Å². The Morgan fingerprint density at radius 1 is 1.67 bits per heavy atom. The number of carbonyl (C=O) groups excluding carboxylic acids is 1. The number of alkyl halides is 2. The minimum atomic E-state index is -2.87. The summed E-state index contributed by atoms with van der Waals surface area (Å²) in [6, 6.07) is 1.32. The van der Waals surface area contributed by atoms with E-state index in [1.54, 1.807) is 22.6 Å². The lowest BCUT2D eigenvalue weighted by Crippen LogP contribution is -2.10. The molecule has 0 aliphatic rings. The lowest BCUT2D eigenvalue weighted by Gasteiger charge is -2.08. The van der Waals surface area contributed by atoms with Crippen molar-refractivity contribution < 1.29 is 18.3 Å². The van der Waals surface area contributed by atoms with Crippen LogP contribution in [0, 0.1) is 3.57 Å². The maximum Gasteiger partial charge on any atom is 0.341 e. The molecule has 15 heavy (non-hydrogen) atoms. The van der Waals surface area contributed by atoms with Crippen LogP contribution < -0.4 is 0 Å². The zero-order chi connectivity index (χ0) is 11.6. The van der Waals surface area contributed by atoms with Gasteiger partial charge in [0, 0.05) is 3.57 Å². The molecule has 0 aliphatic heterocycles. The third-order valence-corrected chi connectivity index (χ3v) is 2.61. The largest absolute Gasteiger partial charge is 0.465 e. The third-order valence-electron chi connectivity index (χ3n) is 1.56. The van der Waals surface area contributed by atoms with E-state index in [1.165, 1.54) is 6.07 Å². The van der Waals surface area contributed by atoms with Crippen LogP contribution in [-0.2, 0) is 4.74 Å². The standard InChI is InChI=1S/C8H5ClF2INO2/c1-15-8(14)5-3(12)2-4(9)13-6(5)7(10)11/h2,7H,1H3. The van der Waals surface area contributed by atoms with Gasteiger partial charge in [0.05, 0.1) is 7.11 Å². The van der Waals surface area contributed by atoms with Gasteiger partial charge < -0.3 is 4.74 Å². The molecular formula is C8H5ClF2INO2. The lowest BCUT2D eigenvalue weighted by atomic mass is 10.2. The highest BCUT2D eigenvalue weighted by Crippen LogP contribution is 2.27. The van der Waals surface area contributed by atoms with Crippen LogP contribution in [0.15, 0.2) is 6.07 Å². The van der Waals surface area contributed by atoms with E-state index < -0.39 is 18.1 Å². The van der Waals surface area contributed by atoms with Crippen LogP contribution in [0.3, 0.4) is 0 Å². The van der Waals surface area contributed by atoms with Crippen LogP contribution in [0.4, 0.5) is 8.78 Å². The van der Waals surface area contributed by atoms with Crippen molar-refractivity contribution in [2.24, 2.45) is 0 Å². The molecule has 0 atom stereocenters. The van der Waals surface area contributed by atoms with E-state index in [4.69, 9.17) is 11.6 Å². The maximum absolute atomic E-state index is 12.6. The summed E-state index contributed by atoms with van der Waals surface area (Å²) in [5.41, 5.74) is -0.892. The van der Waals surface area contributed by atoms with Gasteiger partial charge in [0.2, 0.25) is 0 Å². The quantitative estimate of drug-likeness (QED) is 0.469. The Balaban J connectivity index is 3.40. The van der Waals surface area contributed by atoms with Crippen LogP contribution in [0.25, 0.3) is 0 Å². The third kappa shape index (κ3) is 2.75. The molecule has 0 amide bonds. The van der Waals surface area contributed by atoms with Crippen molar-refractivity contribution in [1.29, 1.82) is 0 Å². The molecule has 0 aliphatic carbocycles. The van der Waals surface area contributed by atoms with E-state index in [2.05, 4.69) is 9.72 Å². The molecule has 0 N–H and O–H groups in total. The van der Waals surface area contributed by atoms with E-state index >= 15 is 0 Å². The number of halogens is 4. The Morgan fingerprint density at radius 2 is 2.27 bits per heavy atom. The van der Waals surface area contributed by atoms with Gasteiger partial charge in [0.15, 0.2) is 0 Å². The van der Waals surface area contributed by atoms with Crippen molar-refractivity contribution in [3.8, 4) is 0 Å². The SMILES string of the molecule is COC(=O)c1c(I)cc(Cl)nc1C(F)F. The molecule has 0 spiro atoms. The van der Waals surface area contributed by atoms with Gasteiger partial charge >= 0.3 is 5.97 Å². The van der Waals surface area contributed by atoms with E-state index in [0.717, 1.165) is 7.11 Å². The molecule has 0 saturated carbocycles. The van der Waals surface area contributed by atoms with Crippen molar-refractivity contribution in [2.75, 3.05) is 7.11 Å². The minimum absolute atomic E-state index is 0.0812. The summed E-state index contributed by atoms with van der Waals surface area (Å²) in [7, 11) is 1.11. The summed E-state index contributed by atoms with van der Waals surface area (Å²) in [4.78, 5) is 14.6. The van der Waals surface area contributed by atoms with Crippen LogP contribution in [-0.4, -0.2) is 18.1 Å². The number of nitrogens with zero attached hydrogens (tertiary/aromatic N) is 1. The van der Waals surface area contributed by atoms with Gasteiger partial charge in [0.1, 0.15) is 16.4 Å². The predicted molar refractivity (Wildman–Crippen MR) is 58.3 cm³/mol. The highest BCUT2D eigenvalue weighted by molar-refractivity contribution is 14.1. The molecule has 3 nitrogen and oxygen atoms in total. The Hall–Kier alpha value is -0.500. The number of carbonyl (C=O) groups is 1. The van der Waals surface area contributed by atoms with Crippen molar-refractivity contribution in [1.82, 2.24) is 4.98 Å². The second-order valence-corrected chi connectivity index (χ2v) is 4.03. The normalized spacial score (nSPS) is 10.5. The van der Waals surface area contributed by atoms with E-state index in [9.17, 15) is 13.6 Å². The number of methoxy groups -OCH3 is 1. The number of hydrogen-bond donors (Lipinski definition) is 0. The van der Waals surface area contributed by atoms with Crippen LogP contribution in [0.1, 0.15) is 22.5 Å². The summed E-state index contributed by atoms with van der Waals surface area (Å²) < 4.78 is 29.8. The second kappa shape index (κ2) is 5.02. The molecule has 1 aromatic heterocycles. The van der Waals surface area contributed by atoms with Gasteiger partial charge in [-0.1, -0.05) is 11.6 Å². The van der Waals surface area contributed by atoms with Gasteiger partial charge in [0.25, 0.3) is 6.43 Å². The summed E-state index contributed by atoms with van der Waals surface area (Å²) in [6.45, 7) is 0. The maximum atomic E-state index is 12.6. The number of rotatable bonds is 2. The predicted octanol–water partition coefficient (Wildman–Crippen LogP) is 3.06. The molecule has 0 radical (unpaired) electrons. The van der Waals surface area contributed by atoms with Gasteiger partial charge in [-0.05, 0) is 28.7 Å².